The first-order valence-corrected chi connectivity index (χ1v) is 12.9. The summed E-state index contributed by atoms with van der Waals surface area (Å²) in [6.45, 7) is 3.62. The van der Waals surface area contributed by atoms with Crippen LogP contribution in [0.25, 0.3) is 5.69 Å². The Kier molecular flexibility index (Phi) is 9.32. The van der Waals surface area contributed by atoms with E-state index >= 15 is 0 Å². The van der Waals surface area contributed by atoms with Gasteiger partial charge in [-0.25, -0.2) is 36.2 Å². The van der Waals surface area contributed by atoms with Crippen LogP contribution in [0.3, 0.4) is 0 Å². The summed E-state index contributed by atoms with van der Waals surface area (Å²) in [4.78, 5) is 16.6. The van der Waals surface area contributed by atoms with Crippen LogP contribution in [0.5, 0.6) is 0 Å². The maximum atomic E-state index is 12.8. The van der Waals surface area contributed by atoms with Gasteiger partial charge in [0, 0.05) is 30.4 Å². The number of sulfonamides is 1. The summed E-state index contributed by atoms with van der Waals surface area (Å²) in [5, 5.41) is 5.78. The average molecular weight is 579 g/mol. The zero-order chi connectivity index (χ0) is 29.0. The minimum Gasteiger partial charge on any atom is -0.354 e. The Morgan fingerprint density at radius 1 is 1.08 bits per heavy atom. The van der Waals surface area contributed by atoms with E-state index in [2.05, 4.69) is 20.4 Å². The number of hydrogen-bond donors (Lipinski definition) is 1. The molecule has 212 valence electrons. The second kappa shape index (κ2) is 12.1. The number of alkyl halides is 5. The Balaban J connectivity index is 0.000000223. The van der Waals surface area contributed by atoms with Crippen molar-refractivity contribution < 1.29 is 39.6 Å². The number of carbonyl (C=O) groups is 1. The van der Waals surface area contributed by atoms with Gasteiger partial charge < -0.3 is 5.32 Å². The van der Waals surface area contributed by atoms with Gasteiger partial charge in [0.05, 0.1) is 17.3 Å². The minimum absolute atomic E-state index is 0.0139. The molecule has 9 nitrogen and oxygen atoms in total. The lowest BCUT2D eigenvalue weighted by Crippen LogP contribution is -2.38. The highest BCUT2D eigenvalue weighted by Gasteiger charge is 2.37. The Morgan fingerprint density at radius 3 is 2.13 bits per heavy atom. The number of amides is 1. The van der Waals surface area contributed by atoms with E-state index in [1.54, 1.807) is 0 Å². The van der Waals surface area contributed by atoms with E-state index in [-0.39, 0.29) is 34.8 Å². The molecule has 16 heteroatoms. The predicted molar refractivity (Wildman–Crippen MR) is 126 cm³/mol. The summed E-state index contributed by atoms with van der Waals surface area (Å²) < 4.78 is 103. The largest absolute Gasteiger partial charge is 0.451 e. The van der Waals surface area contributed by atoms with Gasteiger partial charge in [0.25, 0.3) is 6.43 Å². The van der Waals surface area contributed by atoms with Crippen molar-refractivity contribution >= 4 is 16.4 Å². The molecule has 1 saturated heterocycles. The van der Waals surface area contributed by atoms with Crippen molar-refractivity contribution in [3.05, 3.63) is 65.8 Å². The van der Waals surface area contributed by atoms with E-state index in [0.717, 1.165) is 36.1 Å². The number of carbonyl (C=O) groups excluding carboxylic acids is 1. The Hall–Kier alpha value is -3.53. The summed E-state index contributed by atoms with van der Waals surface area (Å²) in [7, 11) is -3.49. The van der Waals surface area contributed by atoms with Crippen molar-refractivity contribution in [3.8, 4) is 5.69 Å². The Morgan fingerprint density at radius 2 is 1.64 bits per heavy atom. The molecule has 1 aromatic carbocycles. The van der Waals surface area contributed by atoms with Crippen LogP contribution in [0.15, 0.2) is 47.8 Å². The van der Waals surface area contributed by atoms with E-state index in [1.165, 1.54) is 28.6 Å². The molecule has 2 aromatic heterocycles. The molecular formula is C23H24F6N6O3S. The van der Waals surface area contributed by atoms with E-state index in [1.807, 2.05) is 13.8 Å². The number of nitrogens with one attached hydrogen (secondary N) is 1. The lowest BCUT2D eigenvalue weighted by molar-refractivity contribution is -0.145. The second-order valence-electron chi connectivity index (χ2n) is 8.61. The lowest BCUT2D eigenvalue weighted by atomic mass is 10.2. The van der Waals surface area contributed by atoms with Crippen LogP contribution in [0.4, 0.5) is 26.3 Å². The van der Waals surface area contributed by atoms with Crippen LogP contribution in [-0.4, -0.2) is 51.0 Å². The van der Waals surface area contributed by atoms with Crippen LogP contribution in [0.2, 0.25) is 0 Å². The molecule has 1 aliphatic rings. The van der Waals surface area contributed by atoms with E-state index in [9.17, 15) is 39.6 Å². The molecule has 1 fully saturated rings. The van der Waals surface area contributed by atoms with E-state index < -0.39 is 40.0 Å². The minimum atomic E-state index is -4.70. The summed E-state index contributed by atoms with van der Waals surface area (Å²) >= 11 is 0. The van der Waals surface area contributed by atoms with Crippen molar-refractivity contribution in [2.24, 2.45) is 0 Å². The highest BCUT2D eigenvalue weighted by atomic mass is 32.2. The van der Waals surface area contributed by atoms with Crippen LogP contribution in [-0.2, 0) is 27.5 Å². The zero-order valence-corrected chi connectivity index (χ0v) is 21.4. The van der Waals surface area contributed by atoms with Gasteiger partial charge in [-0.05, 0) is 51.0 Å². The second-order valence-corrected chi connectivity index (χ2v) is 10.5. The topological polar surface area (TPSA) is 110 Å². The molecule has 0 unspecified atom stereocenters. The molecule has 3 aromatic rings. The van der Waals surface area contributed by atoms with Gasteiger partial charge >= 0.3 is 6.18 Å². The molecule has 0 saturated carbocycles. The number of benzene rings is 1. The molecule has 4 rings (SSSR count). The molecule has 1 aliphatic heterocycles. The standard InChI is InChI=1S/C12H16FNO2S.C11H8F5N5O/c1-9-3-4-10(2)14(9)17(15,16)12-7-5-11(13)6-8-12;12-9(13)8-6(1-17-5-22)4-21(20-8)7-2-18-10(19-3-7)11(14,15)16/h5-10H,3-4H2,1-2H3;2-5,9H,1H2,(H,17,22)/t9-,10+;. The molecule has 1 N–H and O–H groups in total. The first kappa shape index (κ1) is 30.0. The summed E-state index contributed by atoms with van der Waals surface area (Å²) in [6.07, 6.45) is -2.74. The molecule has 0 spiro atoms. The van der Waals surface area contributed by atoms with Crippen molar-refractivity contribution in [3.63, 3.8) is 0 Å². The van der Waals surface area contributed by atoms with Gasteiger partial charge in [-0.1, -0.05) is 0 Å². The molecule has 0 bridgehead atoms. The molecule has 2 atom stereocenters. The quantitative estimate of drug-likeness (QED) is 0.332. The molecule has 0 radical (unpaired) electrons. The molecule has 1 amide bonds. The number of hydrogen-bond acceptors (Lipinski definition) is 6. The average Bonchev–Trinajstić information content (AvgIpc) is 3.46. The first-order chi connectivity index (χ1) is 18.3. The Labute approximate surface area is 219 Å². The third-order valence-electron chi connectivity index (χ3n) is 5.82. The third-order valence-corrected chi connectivity index (χ3v) is 7.96. The summed E-state index contributed by atoms with van der Waals surface area (Å²) in [5.74, 6) is -1.77. The summed E-state index contributed by atoms with van der Waals surface area (Å²) in [5.41, 5.74) is -0.580. The third kappa shape index (κ3) is 7.11. The van der Waals surface area contributed by atoms with Gasteiger partial charge in [-0.2, -0.15) is 22.6 Å². The molecular weight excluding hydrogens is 554 g/mol. The predicted octanol–water partition coefficient (Wildman–Crippen LogP) is 4.25. The van der Waals surface area contributed by atoms with Crippen molar-refractivity contribution in [1.29, 1.82) is 0 Å². The fourth-order valence-electron chi connectivity index (χ4n) is 3.99. The molecule has 39 heavy (non-hydrogen) atoms. The van der Waals surface area contributed by atoms with Crippen LogP contribution < -0.4 is 5.32 Å². The lowest BCUT2D eigenvalue weighted by Gasteiger charge is -2.25. The maximum Gasteiger partial charge on any atom is 0.451 e. The Bertz CT molecular complexity index is 1350. The van der Waals surface area contributed by atoms with Crippen LogP contribution in [0, 0.1) is 5.82 Å². The van der Waals surface area contributed by atoms with Gasteiger partial charge in [0.1, 0.15) is 17.2 Å². The molecule has 0 aliphatic carbocycles. The fourth-order valence-corrected chi connectivity index (χ4v) is 5.87. The zero-order valence-electron chi connectivity index (χ0n) is 20.6. The van der Waals surface area contributed by atoms with Crippen molar-refractivity contribution in [1.82, 2.24) is 29.4 Å². The number of rotatable bonds is 7. The number of nitrogens with zero attached hydrogens (tertiary/aromatic N) is 5. The number of aromatic nitrogens is 4. The summed E-state index contributed by atoms with van der Waals surface area (Å²) in [6, 6.07) is 5.03. The maximum absolute atomic E-state index is 12.8. The monoisotopic (exact) mass is 578 g/mol. The SMILES string of the molecule is C[C@@H]1CC[C@H](C)N1S(=O)(=O)c1ccc(F)cc1.O=CNCc1cn(-c2cnc(C(F)(F)F)nc2)nc1C(F)F. The van der Waals surface area contributed by atoms with Crippen molar-refractivity contribution in [2.75, 3.05) is 0 Å². The van der Waals surface area contributed by atoms with Crippen LogP contribution >= 0.6 is 0 Å². The normalized spacial score (nSPS) is 18.1. The van der Waals surface area contributed by atoms with Crippen LogP contribution in [0.1, 0.15) is 50.2 Å². The van der Waals surface area contributed by atoms with Gasteiger partial charge in [-0.3, -0.25) is 4.79 Å². The van der Waals surface area contributed by atoms with Gasteiger partial charge in [-0.15, -0.1) is 0 Å². The molecule has 3 heterocycles. The fraction of sp³-hybridized carbons (Fsp3) is 0.391. The first-order valence-electron chi connectivity index (χ1n) is 11.5. The van der Waals surface area contributed by atoms with E-state index in [0.29, 0.717) is 6.41 Å². The van der Waals surface area contributed by atoms with E-state index in [4.69, 9.17) is 0 Å². The van der Waals surface area contributed by atoms with Gasteiger partial charge in [0.15, 0.2) is 0 Å². The number of halogens is 6. The highest BCUT2D eigenvalue weighted by molar-refractivity contribution is 7.89. The van der Waals surface area contributed by atoms with Crippen molar-refractivity contribution in [2.45, 2.75) is 62.8 Å². The highest BCUT2D eigenvalue weighted by Crippen LogP contribution is 2.30. The van der Waals surface area contributed by atoms with Gasteiger partial charge in [0.2, 0.25) is 22.3 Å². The smallest absolute Gasteiger partial charge is 0.354 e.